The molecule has 2 amide bonds. The summed E-state index contributed by atoms with van der Waals surface area (Å²) in [7, 11) is -1.80. The van der Waals surface area contributed by atoms with Crippen molar-refractivity contribution in [2.75, 3.05) is 18.5 Å². The summed E-state index contributed by atoms with van der Waals surface area (Å²) in [5.41, 5.74) is -0.340. The Kier molecular flexibility index (Phi) is 8.42. The average Bonchev–Trinajstić information content (AvgIpc) is 3.08. The van der Waals surface area contributed by atoms with Gasteiger partial charge in [0, 0.05) is 23.5 Å². The van der Waals surface area contributed by atoms with Gasteiger partial charge in [0.1, 0.15) is 12.2 Å². The van der Waals surface area contributed by atoms with E-state index < -0.39 is 62.2 Å². The van der Waals surface area contributed by atoms with Gasteiger partial charge in [-0.1, -0.05) is 12.1 Å². The van der Waals surface area contributed by atoms with Crippen molar-refractivity contribution in [3.05, 3.63) is 62.9 Å². The molecule has 34 heavy (non-hydrogen) atoms. The molecule has 1 aromatic heterocycles. The van der Waals surface area contributed by atoms with E-state index >= 15 is 0 Å². The third kappa shape index (κ3) is 6.22. The summed E-state index contributed by atoms with van der Waals surface area (Å²) in [5, 5.41) is 25.2. The summed E-state index contributed by atoms with van der Waals surface area (Å²) in [6, 6.07) is 7.60. The van der Waals surface area contributed by atoms with E-state index in [0.717, 1.165) is 22.4 Å². The number of hydrogen-bond donors (Lipinski definition) is 5. The molecule has 5 atom stereocenters. The number of hydrogen-bond acceptors (Lipinski definition) is 9. The molecule has 0 aliphatic carbocycles. The minimum absolute atomic E-state index is 0.245. The molecule has 0 saturated carbocycles. The average molecular weight is 495 g/mol. The highest BCUT2D eigenvalue weighted by atomic mass is 31.1. The third-order valence-electron chi connectivity index (χ3n) is 4.87. The van der Waals surface area contributed by atoms with Crippen LogP contribution in [0.25, 0.3) is 0 Å². The lowest BCUT2D eigenvalue weighted by Crippen LogP contribution is -2.45. The van der Waals surface area contributed by atoms with E-state index in [9.17, 15) is 34.0 Å². The van der Waals surface area contributed by atoms with Gasteiger partial charge >= 0.3 is 13.7 Å². The van der Waals surface area contributed by atoms with E-state index in [1.807, 2.05) is 4.98 Å². The monoisotopic (exact) mass is 495 g/mol. The van der Waals surface area contributed by atoms with Crippen LogP contribution >= 0.6 is 8.03 Å². The Morgan fingerprint density at radius 1 is 1.18 bits per heavy atom. The summed E-state index contributed by atoms with van der Waals surface area (Å²) in [6.07, 6.45) is -4.98. The van der Waals surface area contributed by atoms with Crippen LogP contribution in [0.2, 0.25) is 0 Å². The van der Waals surface area contributed by atoms with Crippen LogP contribution in [0, 0.1) is 0 Å². The highest BCUT2D eigenvalue weighted by Crippen LogP contribution is 2.29. The zero-order valence-electron chi connectivity index (χ0n) is 18.0. The number of nitrogens with one attached hydrogen (secondary N) is 3. The van der Waals surface area contributed by atoms with Crippen molar-refractivity contribution < 1.29 is 33.6 Å². The first-order chi connectivity index (χ1) is 16.2. The third-order valence-corrected chi connectivity index (χ3v) is 6.04. The lowest BCUT2D eigenvalue weighted by Gasteiger charge is -2.16. The van der Waals surface area contributed by atoms with Crippen molar-refractivity contribution in [2.45, 2.75) is 37.6 Å². The summed E-state index contributed by atoms with van der Waals surface area (Å²) in [6.45, 7) is 1.64. The fourth-order valence-corrected chi connectivity index (χ4v) is 4.13. The number of aliphatic hydroxyl groups is 2. The molecule has 2 aromatic rings. The van der Waals surface area contributed by atoms with Gasteiger partial charge in [0.2, 0.25) is 12.1 Å². The first-order valence-corrected chi connectivity index (χ1v) is 11.6. The Balaban J connectivity index is 1.53. The van der Waals surface area contributed by atoms with E-state index in [2.05, 4.69) is 10.6 Å². The van der Waals surface area contributed by atoms with Crippen molar-refractivity contribution in [3.63, 3.8) is 0 Å². The van der Waals surface area contributed by atoms with E-state index in [0.29, 0.717) is 12.3 Å². The second-order valence-electron chi connectivity index (χ2n) is 7.32. The Morgan fingerprint density at radius 2 is 1.88 bits per heavy atom. The first-order valence-electron chi connectivity index (χ1n) is 10.3. The molecule has 1 aliphatic rings. The molecule has 1 fully saturated rings. The molecule has 0 bridgehead atoms. The van der Waals surface area contributed by atoms with Crippen molar-refractivity contribution in [2.24, 2.45) is 0 Å². The number of aliphatic hydroxyl groups excluding tert-OH is 2. The van der Waals surface area contributed by atoms with E-state index in [-0.39, 0.29) is 6.16 Å². The van der Waals surface area contributed by atoms with E-state index in [1.54, 1.807) is 31.2 Å². The topological polar surface area (TPSA) is 189 Å². The van der Waals surface area contributed by atoms with Crippen LogP contribution in [0.15, 0.2) is 46.1 Å². The quantitative estimate of drug-likeness (QED) is 0.277. The number of amides is 2. The number of anilines is 1. The molecule has 1 aliphatic heterocycles. The molecule has 3 rings (SSSR count). The predicted octanol–water partition coefficient (Wildman–Crippen LogP) is -0.810. The minimum atomic E-state index is -1.80. The lowest BCUT2D eigenvalue weighted by atomic mass is 10.1. The van der Waals surface area contributed by atoms with Gasteiger partial charge in [-0.05, 0) is 23.6 Å². The maximum atomic E-state index is 12.4. The van der Waals surface area contributed by atoms with Gasteiger partial charge in [-0.3, -0.25) is 23.9 Å². The second kappa shape index (κ2) is 11.3. The van der Waals surface area contributed by atoms with Gasteiger partial charge in [-0.2, -0.15) is 0 Å². The SMILES string of the molecule is CCO[P+](=O)Cc1ccc(NC(=O)CNC(=O)[C@H]2O[C@@H](n3ccc(=O)[nH]c3=O)[C@H](O)[C@@H]2O)cc1. The molecule has 5 N–H and O–H groups in total. The highest BCUT2D eigenvalue weighted by molar-refractivity contribution is 7.38. The number of nitrogens with zero attached hydrogens (tertiary/aromatic N) is 1. The molecule has 1 saturated heterocycles. The number of carbonyl (C=O) groups is 2. The van der Waals surface area contributed by atoms with Crippen molar-refractivity contribution in [3.8, 4) is 0 Å². The molecule has 0 spiro atoms. The van der Waals surface area contributed by atoms with Crippen molar-refractivity contribution >= 4 is 25.5 Å². The number of H-pyrrole nitrogens is 1. The number of ether oxygens (including phenoxy) is 1. The standard InChI is InChI=1S/C20H23N4O9P/c1-2-32-34(31)10-11-3-5-12(6-4-11)22-14(26)9-21-18(29)17-15(27)16(28)19(33-17)24-8-7-13(25)23-20(24)30/h3-8,15-17,19,27-28H,2,9-10H2,1H3,(H2-,21,22,23,25,26,29,30)/p+1/t15-,16+,17-,19+/m0/s1. The number of aromatic nitrogens is 2. The van der Waals surface area contributed by atoms with Gasteiger partial charge in [0.05, 0.1) is 13.2 Å². The number of carbonyl (C=O) groups excluding carboxylic acids is 2. The molecule has 182 valence electrons. The molecular weight excluding hydrogens is 471 g/mol. The van der Waals surface area contributed by atoms with Gasteiger partial charge < -0.3 is 25.6 Å². The van der Waals surface area contributed by atoms with Gasteiger partial charge in [0.25, 0.3) is 11.5 Å². The maximum absolute atomic E-state index is 12.4. The Hall–Kier alpha value is -3.22. The molecule has 0 radical (unpaired) electrons. The van der Waals surface area contributed by atoms with Gasteiger partial charge in [0.15, 0.2) is 12.3 Å². The second-order valence-corrected chi connectivity index (χ2v) is 8.56. The highest BCUT2D eigenvalue weighted by Gasteiger charge is 2.47. The number of benzene rings is 1. The van der Waals surface area contributed by atoms with Crippen LogP contribution < -0.4 is 21.9 Å². The van der Waals surface area contributed by atoms with Crippen molar-refractivity contribution in [1.82, 2.24) is 14.9 Å². The number of rotatable bonds is 9. The summed E-state index contributed by atoms with van der Waals surface area (Å²) >= 11 is 0. The fraction of sp³-hybridized carbons (Fsp3) is 0.400. The molecule has 1 aromatic carbocycles. The minimum Gasteiger partial charge on any atom is -0.387 e. The Bertz CT molecular complexity index is 1160. The van der Waals surface area contributed by atoms with E-state index in [1.165, 1.54) is 0 Å². The molecule has 1 unspecified atom stereocenters. The number of aromatic amines is 1. The van der Waals surface area contributed by atoms with E-state index in [4.69, 9.17) is 9.26 Å². The normalized spacial score (nSPS) is 22.3. The lowest BCUT2D eigenvalue weighted by molar-refractivity contribution is -0.138. The van der Waals surface area contributed by atoms with Crippen LogP contribution in [0.4, 0.5) is 5.69 Å². The Morgan fingerprint density at radius 3 is 2.53 bits per heavy atom. The summed E-state index contributed by atoms with van der Waals surface area (Å²) in [4.78, 5) is 49.7. The van der Waals surface area contributed by atoms with Crippen LogP contribution in [0.3, 0.4) is 0 Å². The van der Waals surface area contributed by atoms with Gasteiger partial charge in [-0.25, -0.2) is 4.79 Å². The van der Waals surface area contributed by atoms with Crippen LogP contribution in [0.5, 0.6) is 0 Å². The van der Waals surface area contributed by atoms with Crippen LogP contribution in [0.1, 0.15) is 18.7 Å². The van der Waals surface area contributed by atoms with Crippen molar-refractivity contribution in [1.29, 1.82) is 0 Å². The molecular formula is C20H24N4O9P+. The van der Waals surface area contributed by atoms with Crippen LogP contribution in [-0.2, 0) is 29.6 Å². The van der Waals surface area contributed by atoms with Gasteiger partial charge in [-0.15, -0.1) is 4.52 Å². The summed E-state index contributed by atoms with van der Waals surface area (Å²) < 4.78 is 22.8. The smallest absolute Gasteiger partial charge is 0.387 e. The van der Waals surface area contributed by atoms with Crippen LogP contribution in [-0.4, -0.2) is 63.0 Å². The molecule has 14 heteroatoms. The predicted molar refractivity (Wildman–Crippen MR) is 118 cm³/mol. The summed E-state index contributed by atoms with van der Waals surface area (Å²) in [5.74, 6) is -1.44. The molecule has 2 heterocycles. The fourth-order valence-electron chi connectivity index (χ4n) is 3.24. The zero-order valence-corrected chi connectivity index (χ0v) is 18.9. The first kappa shape index (κ1) is 25.4. The largest absolute Gasteiger partial charge is 0.512 e. The Labute approximate surface area is 193 Å². The molecule has 13 nitrogen and oxygen atoms in total. The zero-order chi connectivity index (χ0) is 24.8. The maximum Gasteiger partial charge on any atom is 0.512 e.